The average molecular weight is 308 g/mol. The highest BCUT2D eigenvalue weighted by molar-refractivity contribution is 7.81. The van der Waals surface area contributed by atoms with E-state index in [1.54, 1.807) is 0 Å². The van der Waals surface area contributed by atoms with E-state index in [2.05, 4.69) is 12.6 Å². The maximum absolute atomic E-state index is 13.5. The SMILES string of the molecule is CCC(F)(C(F)(F)S)C(F)(F)C(F)C(F)C(F)F. The van der Waals surface area contributed by atoms with Crippen molar-refractivity contribution in [2.24, 2.45) is 0 Å². The molecule has 0 aromatic rings. The highest BCUT2D eigenvalue weighted by atomic mass is 32.1. The molecule has 0 bridgehead atoms. The van der Waals surface area contributed by atoms with Crippen LogP contribution < -0.4 is 0 Å². The van der Waals surface area contributed by atoms with Crippen molar-refractivity contribution in [3.63, 3.8) is 0 Å². The minimum Gasteiger partial charge on any atom is -0.238 e. The van der Waals surface area contributed by atoms with Gasteiger partial charge in [-0.1, -0.05) is 6.92 Å². The first-order chi connectivity index (χ1) is 7.83. The predicted molar refractivity (Wildman–Crippen MR) is 48.8 cm³/mol. The summed E-state index contributed by atoms with van der Waals surface area (Å²) in [6.45, 7) is 0.500. The van der Waals surface area contributed by atoms with Crippen molar-refractivity contribution in [3.05, 3.63) is 0 Å². The molecule has 0 saturated carbocycles. The molecule has 110 valence electrons. The Balaban J connectivity index is 5.46. The maximum Gasteiger partial charge on any atom is 0.330 e. The van der Waals surface area contributed by atoms with E-state index in [0.717, 1.165) is 0 Å². The molecule has 0 spiro atoms. The Bertz CT molecular complexity index is 276. The molecule has 0 N–H and O–H groups in total. The van der Waals surface area contributed by atoms with Crippen LogP contribution in [0.25, 0.3) is 0 Å². The molecule has 0 aromatic heterocycles. The minimum atomic E-state index is -5.66. The summed E-state index contributed by atoms with van der Waals surface area (Å²) in [5.41, 5.74) is -4.89. The van der Waals surface area contributed by atoms with Crippen molar-refractivity contribution in [2.45, 2.75) is 49.0 Å². The molecule has 3 unspecified atom stereocenters. The van der Waals surface area contributed by atoms with Crippen LogP contribution >= 0.6 is 12.6 Å². The monoisotopic (exact) mass is 308 g/mol. The van der Waals surface area contributed by atoms with Gasteiger partial charge in [-0.2, -0.15) is 17.6 Å². The van der Waals surface area contributed by atoms with Gasteiger partial charge >= 0.3 is 11.2 Å². The Morgan fingerprint density at radius 2 is 1.33 bits per heavy atom. The van der Waals surface area contributed by atoms with Gasteiger partial charge in [-0.15, -0.1) is 12.6 Å². The summed E-state index contributed by atoms with van der Waals surface area (Å²) in [6.07, 6.45) is -14.3. The lowest BCUT2D eigenvalue weighted by atomic mass is 9.89. The second kappa shape index (κ2) is 5.38. The molecule has 0 aliphatic heterocycles. The molecule has 0 heterocycles. The molecule has 18 heavy (non-hydrogen) atoms. The van der Waals surface area contributed by atoms with Gasteiger partial charge in [0.25, 0.3) is 6.43 Å². The lowest BCUT2D eigenvalue weighted by Gasteiger charge is -2.38. The van der Waals surface area contributed by atoms with Gasteiger partial charge in [0.15, 0.2) is 6.17 Å². The number of halogens is 9. The smallest absolute Gasteiger partial charge is 0.238 e. The van der Waals surface area contributed by atoms with E-state index >= 15 is 0 Å². The van der Waals surface area contributed by atoms with Crippen molar-refractivity contribution >= 4 is 12.6 Å². The molecule has 0 nitrogen and oxygen atoms in total. The number of alkyl halides is 9. The average Bonchev–Trinajstić information content (AvgIpc) is 2.23. The van der Waals surface area contributed by atoms with E-state index in [9.17, 15) is 39.5 Å². The largest absolute Gasteiger partial charge is 0.330 e. The van der Waals surface area contributed by atoms with Gasteiger partial charge in [0.2, 0.25) is 11.8 Å². The summed E-state index contributed by atoms with van der Waals surface area (Å²) in [4.78, 5) is 0. The molecule has 0 radical (unpaired) electrons. The molecule has 0 amide bonds. The first kappa shape index (κ1) is 17.7. The van der Waals surface area contributed by atoms with Crippen LogP contribution in [0.3, 0.4) is 0 Å². The second-order valence-electron chi connectivity index (χ2n) is 3.50. The van der Waals surface area contributed by atoms with E-state index in [-0.39, 0.29) is 0 Å². The Hall–Kier alpha value is -0.280. The number of rotatable bonds is 6. The van der Waals surface area contributed by atoms with Crippen molar-refractivity contribution < 1.29 is 39.5 Å². The third kappa shape index (κ3) is 2.83. The van der Waals surface area contributed by atoms with Crippen LogP contribution in [0, 0.1) is 0 Å². The van der Waals surface area contributed by atoms with Gasteiger partial charge in [0, 0.05) is 0 Å². The van der Waals surface area contributed by atoms with E-state index in [1.807, 2.05) is 0 Å². The van der Waals surface area contributed by atoms with E-state index < -0.39 is 42.0 Å². The first-order valence-corrected chi connectivity index (χ1v) is 5.00. The molecular formula is C8H9F9S. The standard InChI is InChI=1S/C8H9F9S/c1-2-6(13,8(16,17)18)7(14,15)4(10)3(9)5(11)12/h3-5,18H,2H2,1H3. The zero-order chi connectivity index (χ0) is 14.9. The van der Waals surface area contributed by atoms with Gasteiger partial charge in [-0.3, -0.25) is 0 Å². The summed E-state index contributed by atoms with van der Waals surface area (Å²) < 4.78 is 114. The Kier molecular flexibility index (Phi) is 5.29. The van der Waals surface area contributed by atoms with Crippen LogP contribution in [0.4, 0.5) is 39.5 Å². The minimum absolute atomic E-state index is 0.500. The Labute approximate surface area is 102 Å². The fourth-order valence-corrected chi connectivity index (χ4v) is 1.50. The molecule has 0 fully saturated rings. The van der Waals surface area contributed by atoms with Crippen LogP contribution in [-0.2, 0) is 0 Å². The van der Waals surface area contributed by atoms with Gasteiger partial charge in [0.05, 0.1) is 0 Å². The van der Waals surface area contributed by atoms with Crippen molar-refractivity contribution in [2.75, 3.05) is 0 Å². The van der Waals surface area contributed by atoms with Crippen LogP contribution in [0.1, 0.15) is 13.3 Å². The zero-order valence-corrected chi connectivity index (χ0v) is 9.68. The molecule has 10 heteroatoms. The Morgan fingerprint density at radius 3 is 1.56 bits per heavy atom. The quantitative estimate of drug-likeness (QED) is 0.552. The van der Waals surface area contributed by atoms with Gasteiger partial charge in [-0.25, -0.2) is 22.0 Å². The van der Waals surface area contributed by atoms with Crippen molar-refractivity contribution in [3.8, 4) is 0 Å². The fraction of sp³-hybridized carbons (Fsp3) is 1.00. The van der Waals surface area contributed by atoms with Gasteiger partial charge in [0.1, 0.15) is 0 Å². The first-order valence-electron chi connectivity index (χ1n) is 4.56. The molecular weight excluding hydrogens is 299 g/mol. The Morgan fingerprint density at radius 1 is 0.944 bits per heavy atom. The molecule has 0 aliphatic rings. The third-order valence-corrected chi connectivity index (χ3v) is 2.71. The van der Waals surface area contributed by atoms with Crippen molar-refractivity contribution in [1.29, 1.82) is 0 Å². The van der Waals surface area contributed by atoms with Crippen molar-refractivity contribution in [1.82, 2.24) is 0 Å². The summed E-state index contributed by atoms with van der Waals surface area (Å²) in [6, 6.07) is 0. The molecule has 0 aromatic carbocycles. The summed E-state index contributed by atoms with van der Waals surface area (Å²) >= 11 is 2.26. The normalized spacial score (nSPS) is 20.7. The topological polar surface area (TPSA) is 0 Å². The van der Waals surface area contributed by atoms with Gasteiger partial charge in [-0.05, 0) is 6.42 Å². The number of hydrogen-bond acceptors (Lipinski definition) is 1. The summed E-state index contributed by atoms with van der Waals surface area (Å²) in [5, 5.41) is -5.03. The summed E-state index contributed by atoms with van der Waals surface area (Å²) in [5.74, 6) is -5.66. The molecule has 3 atom stereocenters. The lowest BCUT2D eigenvalue weighted by molar-refractivity contribution is -0.252. The van der Waals surface area contributed by atoms with E-state index in [0.29, 0.717) is 6.92 Å². The number of thiol groups is 1. The zero-order valence-electron chi connectivity index (χ0n) is 8.79. The molecule has 0 aliphatic carbocycles. The van der Waals surface area contributed by atoms with Crippen LogP contribution in [0.5, 0.6) is 0 Å². The molecule has 0 rings (SSSR count). The van der Waals surface area contributed by atoms with Crippen LogP contribution in [0.2, 0.25) is 0 Å². The van der Waals surface area contributed by atoms with E-state index in [1.165, 1.54) is 0 Å². The van der Waals surface area contributed by atoms with Crippen LogP contribution in [0.15, 0.2) is 0 Å². The maximum atomic E-state index is 13.5. The highest BCUT2D eigenvalue weighted by Gasteiger charge is 2.72. The molecule has 0 saturated heterocycles. The fourth-order valence-electron chi connectivity index (χ4n) is 1.20. The second-order valence-corrected chi connectivity index (χ2v) is 4.06. The summed E-state index contributed by atoms with van der Waals surface area (Å²) in [7, 11) is 0. The highest BCUT2D eigenvalue weighted by Crippen LogP contribution is 2.51. The van der Waals surface area contributed by atoms with E-state index in [4.69, 9.17) is 0 Å². The van der Waals surface area contributed by atoms with Gasteiger partial charge < -0.3 is 0 Å². The predicted octanol–water partition coefficient (Wildman–Crippen LogP) is 4.20. The van der Waals surface area contributed by atoms with Crippen LogP contribution in [-0.4, -0.2) is 35.6 Å². The lowest BCUT2D eigenvalue weighted by Crippen LogP contribution is -2.61. The third-order valence-electron chi connectivity index (χ3n) is 2.36. The number of hydrogen-bond donors (Lipinski definition) is 1.